The number of aliphatic hydroxyl groups is 1. The van der Waals surface area contributed by atoms with Gasteiger partial charge in [0.2, 0.25) is 17.7 Å². The molecule has 0 bridgehead atoms. The minimum absolute atomic E-state index is 0.111. The Morgan fingerprint density at radius 1 is 0.981 bits per heavy atom. The molecule has 2 atom stereocenters. The molecular weight excluding hydrogens is 702 g/mol. The largest absolute Gasteiger partial charge is 0.490 e. The Morgan fingerprint density at radius 3 is 2.35 bits per heavy atom. The van der Waals surface area contributed by atoms with Crippen LogP contribution < -0.4 is 20.9 Å². The first kappa shape index (κ1) is 40.0. The molecule has 4 heterocycles. The van der Waals surface area contributed by atoms with E-state index in [2.05, 4.69) is 25.7 Å². The van der Waals surface area contributed by atoms with Crippen molar-refractivity contribution >= 4 is 34.5 Å². The first-order valence-electron chi connectivity index (χ1n) is 17.7. The number of ether oxygens (including phenoxy) is 4. The predicted octanol–water partition coefficient (Wildman–Crippen LogP) is 2.18. The molecular formula is C37H47N7O10. The molecule has 1 fully saturated rings. The van der Waals surface area contributed by atoms with E-state index in [1.165, 1.54) is 30.1 Å². The van der Waals surface area contributed by atoms with Crippen LogP contribution in [0.4, 0.5) is 5.69 Å². The lowest BCUT2D eigenvalue weighted by Crippen LogP contribution is -2.54. The maximum Gasteiger partial charge on any atom is 0.274 e. The van der Waals surface area contributed by atoms with Gasteiger partial charge in [-0.1, -0.05) is 20.8 Å². The van der Waals surface area contributed by atoms with Crippen molar-refractivity contribution in [1.82, 2.24) is 30.0 Å². The number of carbonyl (C=O) groups excluding carboxylic acids is 3. The van der Waals surface area contributed by atoms with E-state index < -0.39 is 23.5 Å². The van der Waals surface area contributed by atoms with Gasteiger partial charge < -0.3 is 44.0 Å². The Hall–Kier alpha value is -5.23. The number of aliphatic hydroxyl groups excluding tert-OH is 1. The fraction of sp³-hybridized carbons (Fsp3) is 0.486. The zero-order chi connectivity index (χ0) is 38.7. The fourth-order valence-electron chi connectivity index (χ4n) is 5.46. The standard InChI is InChI=1S/C37H47N7O10/c1-37(2,3)33(36(49)44-13-11-25(45)23-44)41-31(46)12-14-50-15-16-51-17-18-52-19-20-53-26-6-7-27(38-22-26)34(48)39-24-5-9-30-29(21-24)40-35(54-30)28-8-10-32(47)43(4)42-28/h5-10,21-22,25,33,45H,11-20,23H2,1-4H3,(H,39,48)(H,41,46)/t25-,33-/m1/s1. The molecule has 17 nitrogen and oxygen atoms in total. The predicted molar refractivity (Wildman–Crippen MR) is 196 cm³/mol. The van der Waals surface area contributed by atoms with Crippen LogP contribution in [-0.4, -0.2) is 119 Å². The minimum atomic E-state index is -0.689. The third-order valence-corrected chi connectivity index (χ3v) is 8.40. The number of oxazole rings is 1. The first-order valence-corrected chi connectivity index (χ1v) is 17.7. The van der Waals surface area contributed by atoms with Crippen LogP contribution in [0.1, 0.15) is 44.1 Å². The Bertz CT molecular complexity index is 1940. The Labute approximate surface area is 311 Å². The van der Waals surface area contributed by atoms with Crippen LogP contribution >= 0.6 is 0 Å². The molecule has 54 heavy (non-hydrogen) atoms. The molecule has 3 amide bonds. The molecule has 0 unspecified atom stereocenters. The van der Waals surface area contributed by atoms with Gasteiger partial charge >= 0.3 is 0 Å². The molecule has 0 saturated carbocycles. The summed E-state index contributed by atoms with van der Waals surface area (Å²) >= 11 is 0. The summed E-state index contributed by atoms with van der Waals surface area (Å²) in [6, 6.07) is 10.5. The number of hydrogen-bond donors (Lipinski definition) is 3. The van der Waals surface area contributed by atoms with Crippen molar-refractivity contribution in [3.63, 3.8) is 0 Å². The lowest BCUT2D eigenvalue weighted by molar-refractivity contribution is -0.139. The van der Waals surface area contributed by atoms with Crippen LogP contribution in [0.3, 0.4) is 0 Å². The number of benzene rings is 1. The number of nitrogens with one attached hydrogen (secondary N) is 2. The molecule has 1 saturated heterocycles. The number of pyridine rings is 1. The van der Waals surface area contributed by atoms with Crippen LogP contribution in [0, 0.1) is 5.41 Å². The monoisotopic (exact) mass is 749 g/mol. The maximum atomic E-state index is 13.0. The Balaban J connectivity index is 0.906. The van der Waals surface area contributed by atoms with Gasteiger partial charge in [-0.3, -0.25) is 19.2 Å². The van der Waals surface area contributed by atoms with E-state index >= 15 is 0 Å². The number of rotatable bonds is 18. The second kappa shape index (κ2) is 18.7. The molecule has 0 aliphatic carbocycles. The van der Waals surface area contributed by atoms with Gasteiger partial charge in [-0.2, -0.15) is 5.10 Å². The summed E-state index contributed by atoms with van der Waals surface area (Å²) in [6.45, 7) is 8.58. The second-order valence-electron chi connectivity index (χ2n) is 13.7. The molecule has 290 valence electrons. The molecule has 0 radical (unpaired) electrons. The number of nitrogens with zero attached hydrogens (tertiary/aromatic N) is 5. The van der Waals surface area contributed by atoms with E-state index in [9.17, 15) is 24.3 Å². The number of aromatic nitrogens is 4. The zero-order valence-electron chi connectivity index (χ0n) is 30.9. The van der Waals surface area contributed by atoms with E-state index in [0.717, 1.165) is 0 Å². The molecule has 3 aromatic heterocycles. The van der Waals surface area contributed by atoms with Crippen molar-refractivity contribution in [2.24, 2.45) is 12.5 Å². The summed E-state index contributed by atoms with van der Waals surface area (Å²) in [5.41, 5.74) is 1.38. The van der Waals surface area contributed by atoms with Gasteiger partial charge in [0.25, 0.3) is 11.5 Å². The number of hydrogen-bond acceptors (Lipinski definition) is 13. The van der Waals surface area contributed by atoms with Gasteiger partial charge in [0.05, 0.1) is 51.9 Å². The number of carbonyl (C=O) groups is 3. The summed E-state index contributed by atoms with van der Waals surface area (Å²) < 4.78 is 29.1. The third kappa shape index (κ3) is 11.4. The van der Waals surface area contributed by atoms with Gasteiger partial charge in [0.15, 0.2) is 5.58 Å². The summed E-state index contributed by atoms with van der Waals surface area (Å²) in [7, 11) is 1.54. The average molecular weight is 750 g/mol. The number of likely N-dealkylation sites (tertiary alicyclic amines) is 1. The van der Waals surface area contributed by atoms with Crippen molar-refractivity contribution < 1.29 is 42.9 Å². The van der Waals surface area contributed by atoms with Crippen LogP contribution in [0.15, 0.2) is 57.9 Å². The Morgan fingerprint density at radius 2 is 1.70 bits per heavy atom. The van der Waals surface area contributed by atoms with Crippen molar-refractivity contribution in [3.8, 4) is 17.3 Å². The van der Waals surface area contributed by atoms with Crippen molar-refractivity contribution in [1.29, 1.82) is 0 Å². The zero-order valence-corrected chi connectivity index (χ0v) is 30.9. The molecule has 1 aliphatic rings. The molecule has 5 rings (SSSR count). The van der Waals surface area contributed by atoms with Crippen molar-refractivity contribution in [3.05, 3.63) is 64.7 Å². The lowest BCUT2D eigenvalue weighted by atomic mass is 9.85. The normalized spacial score (nSPS) is 15.0. The Kier molecular flexibility index (Phi) is 13.8. The van der Waals surface area contributed by atoms with Gasteiger partial charge in [0, 0.05) is 38.3 Å². The molecule has 3 N–H and O–H groups in total. The number of fused-ring (bicyclic) bond motifs is 1. The average Bonchev–Trinajstić information content (AvgIpc) is 3.78. The van der Waals surface area contributed by atoms with Gasteiger partial charge in [-0.15, -0.1) is 0 Å². The summed E-state index contributed by atoms with van der Waals surface area (Å²) in [4.78, 5) is 60.1. The first-order chi connectivity index (χ1) is 25.9. The highest BCUT2D eigenvalue weighted by Crippen LogP contribution is 2.26. The SMILES string of the molecule is Cn1nc(-c2nc3cc(NC(=O)c4ccc(OCCOCCOCCOCCC(=O)N[C@H](C(=O)N5CC[C@@H](O)C5)C(C)(C)C)cn4)ccc3o2)ccc1=O. The summed E-state index contributed by atoms with van der Waals surface area (Å²) in [5.74, 6) is -0.140. The number of amides is 3. The van der Waals surface area contributed by atoms with E-state index in [4.69, 9.17) is 23.4 Å². The van der Waals surface area contributed by atoms with Crippen LogP contribution in [0.25, 0.3) is 22.7 Å². The van der Waals surface area contributed by atoms with Crippen molar-refractivity contribution in [2.75, 3.05) is 64.7 Å². The van der Waals surface area contributed by atoms with Crippen molar-refractivity contribution in [2.45, 2.75) is 45.8 Å². The second-order valence-corrected chi connectivity index (χ2v) is 13.7. The lowest BCUT2D eigenvalue weighted by Gasteiger charge is -2.33. The van der Waals surface area contributed by atoms with E-state index in [-0.39, 0.29) is 55.1 Å². The van der Waals surface area contributed by atoms with E-state index in [1.54, 1.807) is 35.2 Å². The van der Waals surface area contributed by atoms with Gasteiger partial charge in [0.1, 0.15) is 35.3 Å². The molecule has 1 aromatic carbocycles. The molecule has 17 heteroatoms. The molecule has 0 spiro atoms. The topological polar surface area (TPSA) is 209 Å². The fourth-order valence-corrected chi connectivity index (χ4v) is 5.46. The summed E-state index contributed by atoms with van der Waals surface area (Å²) in [5, 5.41) is 19.6. The van der Waals surface area contributed by atoms with E-state index in [0.29, 0.717) is 74.2 Å². The quantitative estimate of drug-likeness (QED) is 0.125. The number of β-amino-alcohol motifs (C(OH)–C–C–N with tert-alkyl or cyclic N) is 1. The number of anilines is 1. The highest BCUT2D eigenvalue weighted by atomic mass is 16.6. The highest BCUT2D eigenvalue weighted by molar-refractivity contribution is 6.03. The third-order valence-electron chi connectivity index (χ3n) is 8.40. The molecule has 1 aliphatic heterocycles. The maximum absolute atomic E-state index is 13.0. The smallest absolute Gasteiger partial charge is 0.274 e. The van der Waals surface area contributed by atoms with E-state index in [1.807, 2.05) is 20.8 Å². The summed E-state index contributed by atoms with van der Waals surface area (Å²) in [6.07, 6.45) is 1.59. The molecule has 4 aromatic rings. The van der Waals surface area contributed by atoms with Gasteiger partial charge in [-0.05, 0) is 48.2 Å². The van der Waals surface area contributed by atoms with Gasteiger partial charge in [-0.25, -0.2) is 14.6 Å². The minimum Gasteiger partial charge on any atom is -0.490 e. The van der Waals surface area contributed by atoms with Crippen LogP contribution in [0.5, 0.6) is 5.75 Å². The van der Waals surface area contributed by atoms with Crippen LogP contribution in [0.2, 0.25) is 0 Å². The number of aryl methyl sites for hydroxylation is 1. The highest BCUT2D eigenvalue weighted by Gasteiger charge is 2.37. The van der Waals surface area contributed by atoms with Crippen LogP contribution in [-0.2, 0) is 30.8 Å².